The number of piperidine rings is 1. The third-order valence-electron chi connectivity index (χ3n) is 5.78. The Kier molecular flexibility index (Phi) is 5.43. The van der Waals surface area contributed by atoms with E-state index < -0.39 is 0 Å². The molecule has 0 spiro atoms. The van der Waals surface area contributed by atoms with E-state index in [0.717, 1.165) is 50.9 Å². The minimum absolute atomic E-state index is 0.0740. The predicted molar refractivity (Wildman–Crippen MR) is 94.8 cm³/mol. The maximum Gasteiger partial charge on any atom is 0.317 e. The Morgan fingerprint density at radius 2 is 1.96 bits per heavy atom. The Balaban J connectivity index is 1.49. The molecule has 2 saturated heterocycles. The van der Waals surface area contributed by atoms with E-state index >= 15 is 0 Å². The van der Waals surface area contributed by atoms with Crippen molar-refractivity contribution in [2.45, 2.75) is 46.2 Å². The van der Waals surface area contributed by atoms with Gasteiger partial charge in [-0.15, -0.1) is 0 Å². The summed E-state index contributed by atoms with van der Waals surface area (Å²) in [5.74, 6) is 1.56. The van der Waals surface area contributed by atoms with Gasteiger partial charge in [0.25, 0.3) is 0 Å². The molecular formula is C18H31N5O. The van der Waals surface area contributed by atoms with Crippen molar-refractivity contribution in [2.75, 3.05) is 33.2 Å². The Labute approximate surface area is 145 Å². The molecule has 2 aliphatic heterocycles. The number of urea groups is 1. The Morgan fingerprint density at radius 1 is 1.25 bits per heavy atom. The summed E-state index contributed by atoms with van der Waals surface area (Å²) < 4.78 is 2.03. The average Bonchev–Trinajstić information content (AvgIpc) is 3.21. The van der Waals surface area contributed by atoms with Crippen molar-refractivity contribution in [3.05, 3.63) is 17.5 Å². The third kappa shape index (κ3) is 3.74. The monoisotopic (exact) mass is 333 g/mol. The first kappa shape index (κ1) is 17.3. The fourth-order valence-electron chi connectivity index (χ4n) is 4.24. The van der Waals surface area contributed by atoms with E-state index in [1.54, 1.807) is 7.05 Å². The summed E-state index contributed by atoms with van der Waals surface area (Å²) in [5, 5.41) is 7.30. The topological polar surface area (TPSA) is 53.4 Å². The summed E-state index contributed by atoms with van der Waals surface area (Å²) in [6, 6.07) is 0.0740. The van der Waals surface area contributed by atoms with Crippen LogP contribution in [0, 0.1) is 18.8 Å². The molecule has 1 aromatic rings. The standard InChI is InChI=1S/C18H31N5O/c1-4-23-13-17(14(2)20-23)12-21-8-5-16(11-21)15-6-9-22(10-7-15)18(24)19-3/h13,15-16H,4-12H2,1-3H3,(H,19,24). The summed E-state index contributed by atoms with van der Waals surface area (Å²) in [4.78, 5) is 16.2. The molecule has 1 N–H and O–H groups in total. The highest BCUT2D eigenvalue weighted by molar-refractivity contribution is 5.73. The summed E-state index contributed by atoms with van der Waals surface area (Å²) in [6.45, 7) is 10.4. The smallest absolute Gasteiger partial charge is 0.317 e. The molecule has 6 nitrogen and oxygen atoms in total. The molecule has 1 aromatic heterocycles. The number of hydrogen-bond donors (Lipinski definition) is 1. The number of nitrogens with one attached hydrogen (secondary N) is 1. The Hall–Kier alpha value is -1.56. The second-order valence-electron chi connectivity index (χ2n) is 7.26. The normalized spacial score (nSPS) is 23.0. The number of nitrogens with zero attached hydrogens (tertiary/aromatic N) is 4. The van der Waals surface area contributed by atoms with E-state index in [1.165, 1.54) is 30.8 Å². The number of rotatable bonds is 4. The number of carbonyl (C=O) groups is 1. The molecule has 6 heteroatoms. The van der Waals surface area contributed by atoms with Crippen LogP contribution in [-0.2, 0) is 13.1 Å². The lowest BCUT2D eigenvalue weighted by Gasteiger charge is -2.34. The lowest BCUT2D eigenvalue weighted by Crippen LogP contribution is -2.44. The lowest BCUT2D eigenvalue weighted by molar-refractivity contribution is 0.150. The molecule has 2 amide bonds. The van der Waals surface area contributed by atoms with Crippen molar-refractivity contribution in [1.29, 1.82) is 0 Å². The van der Waals surface area contributed by atoms with Crippen LogP contribution in [0.15, 0.2) is 6.20 Å². The van der Waals surface area contributed by atoms with Crippen LogP contribution in [-0.4, -0.2) is 58.8 Å². The molecule has 24 heavy (non-hydrogen) atoms. The van der Waals surface area contributed by atoms with Crippen LogP contribution in [0.5, 0.6) is 0 Å². The van der Waals surface area contributed by atoms with Crippen LogP contribution in [0.1, 0.15) is 37.4 Å². The van der Waals surface area contributed by atoms with Crippen LogP contribution in [0.2, 0.25) is 0 Å². The minimum Gasteiger partial charge on any atom is -0.341 e. The van der Waals surface area contributed by atoms with E-state index in [2.05, 4.69) is 35.4 Å². The fraction of sp³-hybridized carbons (Fsp3) is 0.778. The van der Waals surface area contributed by atoms with Gasteiger partial charge in [-0.1, -0.05) is 0 Å². The Bertz CT molecular complexity index is 562. The molecule has 3 rings (SSSR count). The van der Waals surface area contributed by atoms with Crippen molar-refractivity contribution < 1.29 is 4.79 Å². The zero-order valence-electron chi connectivity index (χ0n) is 15.3. The molecule has 2 aliphatic rings. The zero-order chi connectivity index (χ0) is 17.1. The third-order valence-corrected chi connectivity index (χ3v) is 5.78. The second kappa shape index (κ2) is 7.55. The Morgan fingerprint density at radius 3 is 2.58 bits per heavy atom. The number of amides is 2. The van der Waals surface area contributed by atoms with E-state index in [-0.39, 0.29) is 6.03 Å². The summed E-state index contributed by atoms with van der Waals surface area (Å²) in [6.07, 6.45) is 5.80. The van der Waals surface area contributed by atoms with Crippen LogP contribution in [0.4, 0.5) is 4.79 Å². The number of likely N-dealkylation sites (tertiary alicyclic amines) is 2. The summed E-state index contributed by atoms with van der Waals surface area (Å²) in [7, 11) is 1.71. The first-order valence-corrected chi connectivity index (χ1v) is 9.32. The van der Waals surface area contributed by atoms with E-state index in [0.29, 0.717) is 0 Å². The van der Waals surface area contributed by atoms with Gasteiger partial charge in [0, 0.05) is 51.5 Å². The molecule has 1 unspecified atom stereocenters. The van der Waals surface area contributed by atoms with Crippen LogP contribution in [0.3, 0.4) is 0 Å². The van der Waals surface area contributed by atoms with Gasteiger partial charge in [0.15, 0.2) is 0 Å². The lowest BCUT2D eigenvalue weighted by atomic mass is 9.84. The number of carbonyl (C=O) groups excluding carboxylic acids is 1. The molecule has 2 fully saturated rings. The second-order valence-corrected chi connectivity index (χ2v) is 7.26. The molecule has 1 atom stereocenters. The van der Waals surface area contributed by atoms with Crippen molar-refractivity contribution in [2.24, 2.45) is 11.8 Å². The van der Waals surface area contributed by atoms with E-state index in [1.807, 2.05) is 9.58 Å². The summed E-state index contributed by atoms with van der Waals surface area (Å²) >= 11 is 0. The number of hydrogen-bond acceptors (Lipinski definition) is 3. The van der Waals surface area contributed by atoms with E-state index in [4.69, 9.17) is 0 Å². The highest BCUT2D eigenvalue weighted by atomic mass is 16.2. The highest BCUT2D eigenvalue weighted by Gasteiger charge is 2.32. The average molecular weight is 333 g/mol. The molecule has 0 bridgehead atoms. The van der Waals surface area contributed by atoms with Gasteiger partial charge in [-0.3, -0.25) is 9.58 Å². The summed E-state index contributed by atoms with van der Waals surface area (Å²) in [5.41, 5.74) is 2.53. The maximum atomic E-state index is 11.7. The van der Waals surface area contributed by atoms with Crippen LogP contribution >= 0.6 is 0 Å². The SMILES string of the molecule is CCn1cc(CN2CCC(C3CCN(C(=O)NC)CC3)C2)c(C)n1. The zero-order valence-corrected chi connectivity index (χ0v) is 15.3. The first-order chi connectivity index (χ1) is 11.6. The van der Waals surface area contributed by atoms with Crippen LogP contribution in [0.25, 0.3) is 0 Å². The van der Waals surface area contributed by atoms with E-state index in [9.17, 15) is 4.79 Å². The van der Waals surface area contributed by atoms with Crippen molar-refractivity contribution in [1.82, 2.24) is 24.9 Å². The molecular weight excluding hydrogens is 302 g/mol. The number of aromatic nitrogens is 2. The van der Waals surface area contributed by atoms with Gasteiger partial charge in [-0.05, 0) is 51.5 Å². The molecule has 0 radical (unpaired) electrons. The minimum atomic E-state index is 0.0740. The fourth-order valence-corrected chi connectivity index (χ4v) is 4.24. The maximum absolute atomic E-state index is 11.7. The molecule has 0 aromatic carbocycles. The van der Waals surface area contributed by atoms with Crippen molar-refractivity contribution in [3.63, 3.8) is 0 Å². The number of aryl methyl sites for hydroxylation is 2. The molecule has 0 aliphatic carbocycles. The molecule has 3 heterocycles. The van der Waals surface area contributed by atoms with Gasteiger partial charge in [0.1, 0.15) is 0 Å². The van der Waals surface area contributed by atoms with Gasteiger partial charge in [-0.25, -0.2) is 4.79 Å². The highest BCUT2D eigenvalue weighted by Crippen LogP contribution is 2.32. The molecule has 134 valence electrons. The van der Waals surface area contributed by atoms with Gasteiger partial charge in [-0.2, -0.15) is 5.10 Å². The van der Waals surface area contributed by atoms with Gasteiger partial charge < -0.3 is 10.2 Å². The van der Waals surface area contributed by atoms with Crippen LogP contribution < -0.4 is 5.32 Å². The van der Waals surface area contributed by atoms with Gasteiger partial charge in [0.05, 0.1) is 5.69 Å². The first-order valence-electron chi connectivity index (χ1n) is 9.32. The largest absolute Gasteiger partial charge is 0.341 e. The van der Waals surface area contributed by atoms with Crippen molar-refractivity contribution >= 4 is 6.03 Å². The quantitative estimate of drug-likeness (QED) is 0.918. The van der Waals surface area contributed by atoms with Crippen molar-refractivity contribution in [3.8, 4) is 0 Å². The molecule has 0 saturated carbocycles. The van der Waals surface area contributed by atoms with Gasteiger partial charge in [0.2, 0.25) is 0 Å². The predicted octanol–water partition coefficient (Wildman–Crippen LogP) is 2.08. The van der Waals surface area contributed by atoms with Gasteiger partial charge >= 0.3 is 6.03 Å².